The standard InChI is InChI=1S/C30H31FN6O3/c1-3-40-30(39)25-17-32-37(28(25)24-16-23(24)26-18-35(2)34-33-26)20-10-7-9-19(15-20)21-11-8-12-22(27(21)31)29(38)36-13-5-4-6-14-36/h7-12,15,17-18,23-24H,3-6,13-14,16H2,1-2H3/t23-,24-/m1/s1. The maximum Gasteiger partial charge on any atom is 0.341 e. The quantitative estimate of drug-likeness (QED) is 0.309. The number of aryl methyl sites for hydroxylation is 1. The second-order valence-electron chi connectivity index (χ2n) is 10.4. The Bertz CT molecular complexity index is 1570. The lowest BCUT2D eigenvalue weighted by atomic mass is 10.00. The Morgan fingerprint density at radius 1 is 1.05 bits per heavy atom. The van der Waals surface area contributed by atoms with Gasteiger partial charge in [0.15, 0.2) is 0 Å². The first kappa shape index (κ1) is 25.9. The van der Waals surface area contributed by atoms with Gasteiger partial charge in [0.05, 0.1) is 35.4 Å². The Balaban J connectivity index is 1.36. The Hall–Kier alpha value is -4.34. The first-order chi connectivity index (χ1) is 19.5. The fraction of sp³-hybridized carbons (Fsp3) is 0.367. The fourth-order valence-corrected chi connectivity index (χ4v) is 5.64. The smallest absolute Gasteiger partial charge is 0.341 e. The lowest BCUT2D eigenvalue weighted by Gasteiger charge is -2.27. The molecule has 9 nitrogen and oxygen atoms in total. The van der Waals surface area contributed by atoms with Gasteiger partial charge in [-0.15, -0.1) is 5.10 Å². The van der Waals surface area contributed by atoms with Crippen LogP contribution in [0.4, 0.5) is 4.39 Å². The van der Waals surface area contributed by atoms with Gasteiger partial charge in [0.2, 0.25) is 0 Å². The van der Waals surface area contributed by atoms with E-state index in [1.54, 1.807) is 39.4 Å². The van der Waals surface area contributed by atoms with E-state index in [1.807, 2.05) is 37.5 Å². The van der Waals surface area contributed by atoms with E-state index in [9.17, 15) is 9.59 Å². The third-order valence-corrected chi connectivity index (χ3v) is 7.72. The zero-order chi connectivity index (χ0) is 27.8. The van der Waals surface area contributed by atoms with Crippen molar-refractivity contribution in [1.82, 2.24) is 29.7 Å². The van der Waals surface area contributed by atoms with E-state index in [0.29, 0.717) is 35.5 Å². The SMILES string of the molecule is CCOC(=O)c1cnn(-c2cccc(-c3cccc(C(=O)N4CCCCC4)c3F)c2)c1[C@@H]1C[C@H]1c1cn(C)nn1. The van der Waals surface area contributed by atoms with Gasteiger partial charge >= 0.3 is 5.97 Å². The highest BCUT2D eigenvalue weighted by atomic mass is 19.1. The molecule has 1 saturated heterocycles. The van der Waals surface area contributed by atoms with Gasteiger partial charge in [-0.1, -0.05) is 29.5 Å². The zero-order valence-corrected chi connectivity index (χ0v) is 22.6. The molecule has 1 aliphatic heterocycles. The molecule has 1 aliphatic carbocycles. The van der Waals surface area contributed by atoms with Gasteiger partial charge in [-0.2, -0.15) is 5.10 Å². The summed E-state index contributed by atoms with van der Waals surface area (Å²) in [5.41, 5.74) is 3.72. The van der Waals surface area contributed by atoms with Crippen LogP contribution in [-0.4, -0.2) is 61.2 Å². The number of carbonyl (C=O) groups is 2. The summed E-state index contributed by atoms with van der Waals surface area (Å²) in [4.78, 5) is 27.7. The molecule has 0 spiro atoms. The third-order valence-electron chi connectivity index (χ3n) is 7.72. The highest BCUT2D eigenvalue weighted by molar-refractivity contribution is 5.96. The number of ether oxygens (including phenoxy) is 1. The van der Waals surface area contributed by atoms with Gasteiger partial charge < -0.3 is 9.64 Å². The van der Waals surface area contributed by atoms with E-state index >= 15 is 4.39 Å². The molecule has 1 amide bonds. The van der Waals surface area contributed by atoms with Crippen molar-refractivity contribution in [3.63, 3.8) is 0 Å². The van der Waals surface area contributed by atoms with Crippen LogP contribution in [0, 0.1) is 5.82 Å². The molecule has 206 valence electrons. The van der Waals surface area contributed by atoms with Gasteiger partial charge in [0, 0.05) is 43.7 Å². The van der Waals surface area contributed by atoms with Crippen molar-refractivity contribution in [3.05, 3.63) is 83.2 Å². The minimum Gasteiger partial charge on any atom is -0.462 e. The van der Waals surface area contributed by atoms with E-state index in [-0.39, 0.29) is 29.9 Å². The van der Waals surface area contributed by atoms with Crippen LogP contribution in [0.25, 0.3) is 16.8 Å². The molecular weight excluding hydrogens is 511 g/mol. The van der Waals surface area contributed by atoms with E-state index in [1.165, 1.54) is 6.20 Å². The maximum atomic E-state index is 15.8. The highest BCUT2D eigenvalue weighted by Gasteiger charge is 2.46. The molecule has 10 heteroatoms. The van der Waals surface area contributed by atoms with Crippen LogP contribution < -0.4 is 0 Å². The maximum absolute atomic E-state index is 15.8. The van der Waals surface area contributed by atoms with Crippen LogP contribution in [0.2, 0.25) is 0 Å². The third kappa shape index (κ3) is 4.78. The number of hydrogen-bond acceptors (Lipinski definition) is 6. The normalized spacial score (nSPS) is 18.5. The molecule has 2 aromatic carbocycles. The lowest BCUT2D eigenvalue weighted by molar-refractivity contribution is 0.0524. The number of benzene rings is 2. The predicted molar refractivity (Wildman–Crippen MR) is 146 cm³/mol. The van der Waals surface area contributed by atoms with Crippen LogP contribution in [0.5, 0.6) is 0 Å². The van der Waals surface area contributed by atoms with Crippen molar-refractivity contribution >= 4 is 11.9 Å². The van der Waals surface area contributed by atoms with Crippen molar-refractivity contribution < 1.29 is 18.7 Å². The molecule has 2 aromatic heterocycles. The Labute approximate surface area is 231 Å². The Morgan fingerprint density at radius 3 is 2.60 bits per heavy atom. The molecule has 0 bridgehead atoms. The lowest BCUT2D eigenvalue weighted by Crippen LogP contribution is -2.36. The summed E-state index contributed by atoms with van der Waals surface area (Å²) < 4.78 is 24.5. The van der Waals surface area contributed by atoms with Crippen molar-refractivity contribution in [1.29, 1.82) is 0 Å². The summed E-state index contributed by atoms with van der Waals surface area (Å²) in [5, 5.41) is 12.9. The number of nitrogens with zero attached hydrogens (tertiary/aromatic N) is 6. The molecule has 2 atom stereocenters. The second kappa shape index (κ2) is 10.7. The average molecular weight is 543 g/mol. The van der Waals surface area contributed by atoms with Crippen LogP contribution in [0.15, 0.2) is 54.9 Å². The van der Waals surface area contributed by atoms with Crippen molar-refractivity contribution in [2.45, 2.75) is 44.4 Å². The molecule has 0 radical (unpaired) electrons. The molecule has 0 N–H and O–H groups in total. The number of aromatic nitrogens is 5. The van der Waals surface area contributed by atoms with Crippen molar-refractivity contribution in [3.8, 4) is 16.8 Å². The minimum absolute atomic E-state index is 0.00416. The van der Waals surface area contributed by atoms with E-state index in [0.717, 1.165) is 37.1 Å². The molecule has 2 fully saturated rings. The average Bonchev–Trinajstić information content (AvgIpc) is 3.42. The fourth-order valence-electron chi connectivity index (χ4n) is 5.64. The van der Waals surface area contributed by atoms with E-state index in [4.69, 9.17) is 4.74 Å². The summed E-state index contributed by atoms with van der Waals surface area (Å²) in [6, 6.07) is 12.3. The minimum atomic E-state index is -0.534. The number of halogens is 1. The number of likely N-dealkylation sites (tertiary alicyclic amines) is 1. The highest BCUT2D eigenvalue weighted by Crippen LogP contribution is 2.55. The largest absolute Gasteiger partial charge is 0.462 e. The Morgan fingerprint density at radius 2 is 1.85 bits per heavy atom. The first-order valence-electron chi connectivity index (χ1n) is 13.8. The molecule has 3 heterocycles. The van der Waals surface area contributed by atoms with E-state index < -0.39 is 11.8 Å². The summed E-state index contributed by atoms with van der Waals surface area (Å²) >= 11 is 0. The molecule has 1 saturated carbocycles. The van der Waals surface area contributed by atoms with Crippen LogP contribution >= 0.6 is 0 Å². The first-order valence-corrected chi connectivity index (χ1v) is 13.8. The predicted octanol–water partition coefficient (Wildman–Crippen LogP) is 4.88. The number of esters is 1. The number of amides is 1. The molecule has 40 heavy (non-hydrogen) atoms. The second-order valence-corrected chi connectivity index (χ2v) is 10.4. The number of hydrogen-bond donors (Lipinski definition) is 0. The van der Waals surface area contributed by atoms with Crippen molar-refractivity contribution in [2.75, 3.05) is 19.7 Å². The number of rotatable bonds is 7. The van der Waals surface area contributed by atoms with Crippen molar-refractivity contribution in [2.24, 2.45) is 7.05 Å². The topological polar surface area (TPSA) is 95.1 Å². The molecule has 0 unspecified atom stereocenters. The van der Waals surface area contributed by atoms with Gasteiger partial charge in [0.1, 0.15) is 11.4 Å². The summed E-state index contributed by atoms with van der Waals surface area (Å²) in [5.74, 6) is -1.12. The van der Waals surface area contributed by atoms with Gasteiger partial charge in [0.25, 0.3) is 5.91 Å². The molecule has 4 aromatic rings. The zero-order valence-electron chi connectivity index (χ0n) is 22.6. The molecule has 6 rings (SSSR count). The molecular formula is C30H31FN6O3. The number of carbonyl (C=O) groups excluding carboxylic acids is 2. The van der Waals surface area contributed by atoms with Gasteiger partial charge in [-0.05, 0) is 56.4 Å². The van der Waals surface area contributed by atoms with E-state index in [2.05, 4.69) is 15.4 Å². The van der Waals surface area contributed by atoms with Crippen LogP contribution in [0.3, 0.4) is 0 Å². The summed E-state index contributed by atoms with van der Waals surface area (Å²) in [6.45, 7) is 3.33. The number of piperidine rings is 1. The molecule has 2 aliphatic rings. The van der Waals surface area contributed by atoms with Crippen LogP contribution in [0.1, 0.15) is 76.5 Å². The monoisotopic (exact) mass is 542 g/mol. The Kier molecular flexibility index (Phi) is 6.91. The van der Waals surface area contributed by atoms with Gasteiger partial charge in [-0.25, -0.2) is 13.9 Å². The van der Waals surface area contributed by atoms with Gasteiger partial charge in [-0.3, -0.25) is 9.48 Å². The van der Waals surface area contributed by atoms with Crippen LogP contribution in [-0.2, 0) is 11.8 Å². The summed E-state index contributed by atoms with van der Waals surface area (Å²) in [6.07, 6.45) is 7.18. The summed E-state index contributed by atoms with van der Waals surface area (Å²) in [7, 11) is 1.82.